The normalized spacial score (nSPS) is 43.3. The first-order chi connectivity index (χ1) is 10.1. The minimum Gasteiger partial charge on any atom is -0.504 e. The summed E-state index contributed by atoms with van der Waals surface area (Å²) < 4.78 is 6.14. The lowest BCUT2D eigenvalue weighted by Crippen LogP contribution is -2.66. The van der Waals surface area contributed by atoms with E-state index in [2.05, 4.69) is 18.0 Å². The summed E-state index contributed by atoms with van der Waals surface area (Å²) >= 11 is 0. The Bertz CT molecular complexity index is 631. The van der Waals surface area contributed by atoms with Gasteiger partial charge in [-0.3, -0.25) is 0 Å². The number of aliphatic hydroxyl groups excluding tert-OH is 1. The highest BCUT2D eigenvalue weighted by molar-refractivity contribution is 5.60. The van der Waals surface area contributed by atoms with E-state index >= 15 is 0 Å². The molecule has 1 spiro atoms. The van der Waals surface area contributed by atoms with E-state index in [0.29, 0.717) is 17.7 Å². The second-order valence-electron chi connectivity index (χ2n) is 7.28. The molecule has 4 nitrogen and oxygen atoms in total. The molecule has 2 aliphatic carbocycles. The molecule has 5 rings (SSSR count). The summed E-state index contributed by atoms with van der Waals surface area (Å²) in [5.74, 6) is 1.44. The summed E-state index contributed by atoms with van der Waals surface area (Å²) in [6.45, 7) is 1.04. The van der Waals surface area contributed by atoms with Crippen LogP contribution in [0.4, 0.5) is 0 Å². The minimum atomic E-state index is -0.414. The quantitative estimate of drug-likeness (QED) is 0.758. The third-order valence-electron chi connectivity index (χ3n) is 6.56. The Morgan fingerprint density at radius 3 is 3.05 bits per heavy atom. The molecule has 2 fully saturated rings. The number of piperidine rings is 1. The average Bonchev–Trinajstić information content (AvgIpc) is 2.83. The van der Waals surface area contributed by atoms with E-state index in [9.17, 15) is 10.2 Å². The van der Waals surface area contributed by atoms with Crippen LogP contribution in [0.15, 0.2) is 12.1 Å². The highest BCUT2D eigenvalue weighted by atomic mass is 16.5. The largest absolute Gasteiger partial charge is 0.504 e. The number of phenols is 1. The van der Waals surface area contributed by atoms with Crippen molar-refractivity contribution in [3.05, 3.63) is 23.3 Å². The average molecular weight is 287 g/mol. The molecule has 0 aromatic heterocycles. The van der Waals surface area contributed by atoms with Crippen LogP contribution < -0.4 is 4.74 Å². The lowest BCUT2D eigenvalue weighted by Gasteiger charge is -2.58. The molecule has 4 aliphatic rings. The smallest absolute Gasteiger partial charge is 0.165 e. The van der Waals surface area contributed by atoms with Crippen molar-refractivity contribution in [3.63, 3.8) is 0 Å². The van der Waals surface area contributed by atoms with Gasteiger partial charge in [0.2, 0.25) is 0 Å². The predicted octanol–water partition coefficient (Wildman–Crippen LogP) is 1.42. The van der Waals surface area contributed by atoms with Crippen molar-refractivity contribution in [1.82, 2.24) is 4.90 Å². The van der Waals surface area contributed by atoms with Gasteiger partial charge in [0.05, 0.1) is 6.10 Å². The summed E-state index contributed by atoms with van der Waals surface area (Å²) in [6, 6.07) is 4.36. The molecule has 2 bridgehead atoms. The Kier molecular flexibility index (Phi) is 2.19. The van der Waals surface area contributed by atoms with Gasteiger partial charge in [0.25, 0.3) is 0 Å². The molecule has 1 saturated heterocycles. The van der Waals surface area contributed by atoms with Crippen LogP contribution in [0.3, 0.4) is 0 Å². The van der Waals surface area contributed by atoms with Gasteiger partial charge in [-0.25, -0.2) is 0 Å². The number of rotatable bonds is 0. The number of benzene rings is 1. The van der Waals surface area contributed by atoms with E-state index in [1.807, 2.05) is 0 Å². The molecule has 0 amide bonds. The molecule has 1 unspecified atom stereocenters. The van der Waals surface area contributed by atoms with Gasteiger partial charge in [-0.2, -0.15) is 0 Å². The van der Waals surface area contributed by atoms with E-state index in [-0.39, 0.29) is 17.3 Å². The summed E-state index contributed by atoms with van der Waals surface area (Å²) in [4.78, 5) is 2.48. The van der Waals surface area contributed by atoms with E-state index in [1.165, 1.54) is 11.1 Å². The van der Waals surface area contributed by atoms with Crippen LogP contribution in [0.2, 0.25) is 0 Å². The zero-order valence-corrected chi connectivity index (χ0v) is 12.2. The summed E-state index contributed by atoms with van der Waals surface area (Å²) in [5, 5.41) is 20.8. The van der Waals surface area contributed by atoms with Crippen molar-refractivity contribution < 1.29 is 14.9 Å². The second-order valence-corrected chi connectivity index (χ2v) is 7.28. The van der Waals surface area contributed by atoms with Crippen LogP contribution in [0, 0.1) is 5.92 Å². The molecular weight excluding hydrogens is 266 g/mol. The predicted molar refractivity (Wildman–Crippen MR) is 77.7 cm³/mol. The fourth-order valence-corrected chi connectivity index (χ4v) is 5.71. The Labute approximate surface area is 124 Å². The summed E-state index contributed by atoms with van der Waals surface area (Å²) in [6.07, 6.45) is 3.35. The van der Waals surface area contributed by atoms with Crippen LogP contribution in [-0.4, -0.2) is 47.0 Å². The van der Waals surface area contributed by atoms with Crippen molar-refractivity contribution in [2.75, 3.05) is 13.6 Å². The number of phenolic OH excluding ortho intramolecular Hbond substituents is 1. The highest BCUT2D eigenvalue weighted by Gasteiger charge is 2.65. The number of aliphatic hydroxyl groups is 1. The molecule has 112 valence electrons. The fraction of sp³-hybridized carbons (Fsp3) is 0.647. The van der Waals surface area contributed by atoms with Crippen molar-refractivity contribution in [3.8, 4) is 11.5 Å². The number of ether oxygens (including phenoxy) is 1. The first-order valence-electron chi connectivity index (χ1n) is 8.03. The standard InChI is InChI=1S/C17H21NO3/c1-18-7-6-17-10-3-5-13(20)16(17)21-15-12(19)4-2-9(14(15)17)8-11(10)18/h2,4,10-11,13,16,19-20H,3,5-8H2,1H3/t10-,11+,13-,16?,17-/m0/s1. The fourth-order valence-electron chi connectivity index (χ4n) is 5.71. The number of hydrogen-bond donors (Lipinski definition) is 2. The second kappa shape index (κ2) is 3.73. The zero-order valence-electron chi connectivity index (χ0n) is 12.2. The highest BCUT2D eigenvalue weighted by Crippen LogP contribution is 2.63. The van der Waals surface area contributed by atoms with Crippen molar-refractivity contribution in [2.24, 2.45) is 5.92 Å². The maximum absolute atomic E-state index is 10.5. The maximum atomic E-state index is 10.5. The Morgan fingerprint density at radius 1 is 1.33 bits per heavy atom. The summed E-state index contributed by atoms with van der Waals surface area (Å²) in [7, 11) is 2.22. The van der Waals surface area contributed by atoms with Gasteiger partial charge in [0.15, 0.2) is 11.5 Å². The van der Waals surface area contributed by atoms with E-state index < -0.39 is 6.10 Å². The van der Waals surface area contributed by atoms with E-state index in [0.717, 1.165) is 32.2 Å². The van der Waals surface area contributed by atoms with Gasteiger partial charge in [-0.1, -0.05) is 6.07 Å². The zero-order chi connectivity index (χ0) is 14.4. The number of nitrogens with zero attached hydrogens (tertiary/aromatic N) is 1. The van der Waals surface area contributed by atoms with Crippen molar-refractivity contribution in [1.29, 1.82) is 0 Å². The van der Waals surface area contributed by atoms with E-state index in [4.69, 9.17) is 4.74 Å². The van der Waals surface area contributed by atoms with Crippen molar-refractivity contribution >= 4 is 0 Å². The van der Waals surface area contributed by atoms with E-state index in [1.54, 1.807) is 6.07 Å². The van der Waals surface area contributed by atoms with Gasteiger partial charge in [0, 0.05) is 17.0 Å². The monoisotopic (exact) mass is 287 g/mol. The third-order valence-corrected chi connectivity index (χ3v) is 6.56. The molecule has 0 radical (unpaired) electrons. The SMILES string of the molecule is CN1CC[C@]23c4c5ccc(O)c4OC2[C@@H](O)CC[C@H]3[C@H]1C5. The first-order valence-corrected chi connectivity index (χ1v) is 8.03. The molecular formula is C17H21NO3. The number of likely N-dealkylation sites (N-methyl/N-ethyl adjacent to an activating group) is 1. The number of likely N-dealkylation sites (tertiary alicyclic amines) is 1. The van der Waals surface area contributed by atoms with Crippen LogP contribution in [0.25, 0.3) is 0 Å². The number of hydrogen-bond acceptors (Lipinski definition) is 4. The molecule has 1 aromatic carbocycles. The lowest BCUT2D eigenvalue weighted by molar-refractivity contribution is -0.0993. The molecule has 2 aliphatic heterocycles. The molecule has 2 N–H and O–H groups in total. The molecule has 21 heavy (non-hydrogen) atoms. The van der Waals surface area contributed by atoms with Gasteiger partial charge in [0.1, 0.15) is 6.10 Å². The van der Waals surface area contributed by atoms with Gasteiger partial charge in [-0.05, 0) is 56.8 Å². The Balaban J connectivity index is 1.81. The van der Waals surface area contributed by atoms with Crippen molar-refractivity contribution in [2.45, 2.75) is 49.3 Å². The molecule has 1 aromatic rings. The molecule has 2 heterocycles. The van der Waals surface area contributed by atoms with Crippen LogP contribution >= 0.6 is 0 Å². The summed E-state index contributed by atoms with van der Waals surface area (Å²) in [5.41, 5.74) is 2.46. The number of aromatic hydroxyl groups is 1. The first kappa shape index (κ1) is 12.3. The van der Waals surface area contributed by atoms with Crippen LogP contribution in [-0.2, 0) is 11.8 Å². The molecule has 1 saturated carbocycles. The van der Waals surface area contributed by atoms with Gasteiger partial charge >= 0.3 is 0 Å². The lowest BCUT2D eigenvalue weighted by atomic mass is 9.51. The molecule has 4 heteroatoms. The van der Waals surface area contributed by atoms with Gasteiger partial charge in [-0.15, -0.1) is 0 Å². The Hall–Kier alpha value is -1.26. The minimum absolute atomic E-state index is 0.0729. The Morgan fingerprint density at radius 2 is 2.19 bits per heavy atom. The maximum Gasteiger partial charge on any atom is 0.165 e. The van der Waals surface area contributed by atoms with Crippen LogP contribution in [0.5, 0.6) is 11.5 Å². The third kappa shape index (κ3) is 1.25. The van der Waals surface area contributed by atoms with Gasteiger partial charge < -0.3 is 19.8 Å². The van der Waals surface area contributed by atoms with Crippen LogP contribution in [0.1, 0.15) is 30.4 Å². The topological polar surface area (TPSA) is 52.9 Å². The molecule has 5 atom stereocenters.